The number of methoxy groups -OCH3 is 1. The predicted molar refractivity (Wildman–Crippen MR) is 82.4 cm³/mol. The Hall–Kier alpha value is -2.07. The minimum absolute atomic E-state index is 0.0522. The first kappa shape index (κ1) is 16.3. The standard InChI is InChI=1S/C15H18N2O4S/c1-21-15(20)13-10-4-2-3-5-11(10)22-14(13)17(9-7-16)8-6-12(18)19/h2-6,8-9H2,1H3,(H,18,19). The molecule has 22 heavy (non-hydrogen) atoms. The number of anilines is 1. The Bertz CT molecular complexity index is 618. The molecule has 0 radical (unpaired) electrons. The molecule has 1 aliphatic carbocycles. The number of nitrogens with zero attached hydrogens (tertiary/aromatic N) is 2. The number of ether oxygens (including phenoxy) is 1. The van der Waals surface area contributed by atoms with Crippen molar-refractivity contribution in [3.8, 4) is 6.07 Å². The first-order valence-electron chi connectivity index (χ1n) is 7.15. The highest BCUT2D eigenvalue weighted by atomic mass is 32.1. The van der Waals surface area contributed by atoms with Gasteiger partial charge in [0, 0.05) is 11.4 Å². The van der Waals surface area contributed by atoms with E-state index in [1.165, 1.54) is 18.4 Å². The van der Waals surface area contributed by atoms with Gasteiger partial charge in [0.1, 0.15) is 11.5 Å². The summed E-state index contributed by atoms with van der Waals surface area (Å²) in [5.74, 6) is -1.34. The van der Waals surface area contributed by atoms with Crippen LogP contribution in [0.3, 0.4) is 0 Å². The van der Waals surface area contributed by atoms with Gasteiger partial charge in [-0.3, -0.25) is 4.79 Å². The smallest absolute Gasteiger partial charge is 0.341 e. The largest absolute Gasteiger partial charge is 0.481 e. The minimum Gasteiger partial charge on any atom is -0.481 e. The lowest BCUT2D eigenvalue weighted by Crippen LogP contribution is -2.27. The molecule has 0 atom stereocenters. The molecular formula is C15H18N2O4S. The molecule has 0 saturated heterocycles. The van der Waals surface area contributed by atoms with Crippen LogP contribution in [0, 0.1) is 11.3 Å². The number of aryl methyl sites for hydroxylation is 1. The summed E-state index contributed by atoms with van der Waals surface area (Å²) < 4.78 is 4.90. The molecule has 0 aromatic carbocycles. The van der Waals surface area contributed by atoms with Crippen molar-refractivity contribution < 1.29 is 19.4 Å². The van der Waals surface area contributed by atoms with Gasteiger partial charge in [-0.1, -0.05) is 0 Å². The number of carbonyl (C=O) groups excluding carboxylic acids is 1. The van der Waals surface area contributed by atoms with E-state index in [1.807, 2.05) is 6.07 Å². The number of aliphatic carboxylic acids is 1. The van der Waals surface area contributed by atoms with E-state index >= 15 is 0 Å². The fraction of sp³-hybridized carbons (Fsp3) is 0.533. The average molecular weight is 322 g/mol. The lowest BCUT2D eigenvalue weighted by atomic mass is 9.95. The van der Waals surface area contributed by atoms with Gasteiger partial charge in [0.15, 0.2) is 0 Å². The molecular weight excluding hydrogens is 304 g/mol. The molecule has 1 aliphatic rings. The van der Waals surface area contributed by atoms with Crippen molar-refractivity contribution in [2.24, 2.45) is 0 Å². The summed E-state index contributed by atoms with van der Waals surface area (Å²) in [6.45, 7) is 0.253. The van der Waals surface area contributed by atoms with Gasteiger partial charge in [-0.15, -0.1) is 11.3 Å². The van der Waals surface area contributed by atoms with Crippen LogP contribution in [-0.4, -0.2) is 37.2 Å². The second-order valence-electron chi connectivity index (χ2n) is 5.11. The molecule has 0 unspecified atom stereocenters. The average Bonchev–Trinajstić information content (AvgIpc) is 2.89. The lowest BCUT2D eigenvalue weighted by molar-refractivity contribution is -0.136. The Balaban J connectivity index is 2.42. The van der Waals surface area contributed by atoms with Gasteiger partial charge < -0.3 is 14.7 Å². The molecule has 6 nitrogen and oxygen atoms in total. The highest BCUT2D eigenvalue weighted by molar-refractivity contribution is 7.16. The summed E-state index contributed by atoms with van der Waals surface area (Å²) in [6.07, 6.45) is 3.78. The summed E-state index contributed by atoms with van der Waals surface area (Å²) in [7, 11) is 1.34. The van der Waals surface area contributed by atoms with Gasteiger partial charge >= 0.3 is 11.9 Å². The van der Waals surface area contributed by atoms with Crippen LogP contribution >= 0.6 is 11.3 Å². The molecule has 118 valence electrons. The second kappa shape index (κ2) is 7.27. The van der Waals surface area contributed by atoms with Crippen LogP contribution in [0.1, 0.15) is 40.1 Å². The zero-order chi connectivity index (χ0) is 16.1. The van der Waals surface area contributed by atoms with Crippen LogP contribution in [0.5, 0.6) is 0 Å². The molecule has 0 aliphatic heterocycles. The van der Waals surface area contributed by atoms with Crippen LogP contribution < -0.4 is 4.90 Å². The van der Waals surface area contributed by atoms with Gasteiger partial charge in [0.05, 0.1) is 25.2 Å². The van der Waals surface area contributed by atoms with Crippen LogP contribution in [0.25, 0.3) is 0 Å². The molecule has 2 rings (SSSR count). The molecule has 0 fully saturated rings. The third-order valence-electron chi connectivity index (χ3n) is 3.69. The number of esters is 1. The van der Waals surface area contributed by atoms with Crippen molar-refractivity contribution >= 4 is 28.3 Å². The van der Waals surface area contributed by atoms with E-state index in [-0.39, 0.29) is 19.5 Å². The van der Waals surface area contributed by atoms with Crippen molar-refractivity contribution in [3.05, 3.63) is 16.0 Å². The lowest BCUT2D eigenvalue weighted by Gasteiger charge is -2.20. The van der Waals surface area contributed by atoms with Gasteiger partial charge in [0.25, 0.3) is 0 Å². The van der Waals surface area contributed by atoms with E-state index in [4.69, 9.17) is 15.1 Å². The molecule has 0 spiro atoms. The topological polar surface area (TPSA) is 90.6 Å². The fourth-order valence-electron chi connectivity index (χ4n) is 2.66. The molecule has 1 aromatic rings. The SMILES string of the molecule is COC(=O)c1c(N(CC#N)CCC(=O)O)sc2c1CCCC2. The summed E-state index contributed by atoms with van der Waals surface area (Å²) in [4.78, 5) is 25.8. The molecule has 0 bridgehead atoms. The van der Waals surface area contributed by atoms with E-state index in [9.17, 15) is 9.59 Å². The maximum atomic E-state index is 12.2. The van der Waals surface area contributed by atoms with E-state index < -0.39 is 11.9 Å². The molecule has 7 heteroatoms. The Kier molecular flexibility index (Phi) is 5.39. The summed E-state index contributed by atoms with van der Waals surface area (Å²) in [5, 5.41) is 18.5. The number of fused-ring (bicyclic) bond motifs is 1. The monoisotopic (exact) mass is 322 g/mol. The molecule has 0 saturated carbocycles. The fourth-order valence-corrected chi connectivity index (χ4v) is 4.06. The number of carbonyl (C=O) groups is 2. The second-order valence-corrected chi connectivity index (χ2v) is 6.19. The molecule has 1 N–H and O–H groups in total. The highest BCUT2D eigenvalue weighted by Crippen LogP contribution is 2.40. The van der Waals surface area contributed by atoms with Crippen molar-refractivity contribution in [3.63, 3.8) is 0 Å². The third kappa shape index (κ3) is 3.39. The summed E-state index contributed by atoms with van der Waals surface area (Å²) in [6, 6.07) is 2.04. The molecule has 0 amide bonds. The number of nitriles is 1. The Morgan fingerprint density at radius 1 is 1.41 bits per heavy atom. The zero-order valence-electron chi connectivity index (χ0n) is 12.4. The number of hydrogen-bond acceptors (Lipinski definition) is 6. The summed E-state index contributed by atoms with van der Waals surface area (Å²) in [5.41, 5.74) is 1.53. The van der Waals surface area contributed by atoms with E-state index in [1.54, 1.807) is 4.90 Å². The van der Waals surface area contributed by atoms with E-state index in [0.717, 1.165) is 36.1 Å². The highest BCUT2D eigenvalue weighted by Gasteiger charge is 2.28. The summed E-state index contributed by atoms with van der Waals surface area (Å²) >= 11 is 1.49. The van der Waals surface area contributed by atoms with Gasteiger partial charge in [0.2, 0.25) is 0 Å². The normalized spacial score (nSPS) is 13.1. The van der Waals surface area contributed by atoms with Crippen LogP contribution in [0.2, 0.25) is 0 Å². The van der Waals surface area contributed by atoms with Gasteiger partial charge in [-0.2, -0.15) is 5.26 Å². The Labute approximate surface area is 132 Å². The predicted octanol–water partition coefficient (Wildman–Crippen LogP) is 2.22. The van der Waals surface area contributed by atoms with Crippen LogP contribution in [0.4, 0.5) is 5.00 Å². The number of carboxylic acid groups (broad SMARTS) is 1. The van der Waals surface area contributed by atoms with E-state index in [0.29, 0.717) is 10.6 Å². The zero-order valence-corrected chi connectivity index (χ0v) is 13.2. The van der Waals surface area contributed by atoms with Crippen molar-refractivity contribution in [1.82, 2.24) is 0 Å². The quantitative estimate of drug-likeness (QED) is 0.638. The molecule has 1 aromatic heterocycles. The Morgan fingerprint density at radius 2 is 2.14 bits per heavy atom. The third-order valence-corrected chi connectivity index (χ3v) is 5.04. The van der Waals surface area contributed by atoms with Crippen LogP contribution in [-0.2, 0) is 22.4 Å². The number of rotatable bonds is 6. The first-order chi connectivity index (χ1) is 10.6. The van der Waals surface area contributed by atoms with Crippen molar-refractivity contribution in [2.75, 3.05) is 25.1 Å². The minimum atomic E-state index is -0.927. The first-order valence-corrected chi connectivity index (χ1v) is 7.96. The number of hydrogen-bond donors (Lipinski definition) is 1. The molecule has 1 heterocycles. The Morgan fingerprint density at radius 3 is 2.77 bits per heavy atom. The van der Waals surface area contributed by atoms with Gasteiger partial charge in [-0.05, 0) is 31.2 Å². The maximum Gasteiger partial charge on any atom is 0.341 e. The van der Waals surface area contributed by atoms with Crippen LogP contribution in [0.15, 0.2) is 0 Å². The van der Waals surface area contributed by atoms with Gasteiger partial charge in [-0.25, -0.2) is 4.79 Å². The van der Waals surface area contributed by atoms with E-state index in [2.05, 4.69) is 0 Å². The number of carboxylic acids is 1. The van der Waals surface area contributed by atoms with Crippen molar-refractivity contribution in [1.29, 1.82) is 5.26 Å². The number of thiophene rings is 1. The van der Waals surface area contributed by atoms with Crippen molar-refractivity contribution in [2.45, 2.75) is 32.1 Å². The maximum absolute atomic E-state index is 12.2.